The molecule has 2 amide bonds. The van der Waals surface area contributed by atoms with Crippen LogP contribution in [-0.4, -0.2) is 33.6 Å². The van der Waals surface area contributed by atoms with Crippen LogP contribution in [0.25, 0.3) is 10.9 Å². The second kappa shape index (κ2) is 11.2. The van der Waals surface area contributed by atoms with E-state index in [1.807, 2.05) is 66.9 Å². The van der Waals surface area contributed by atoms with E-state index in [0.29, 0.717) is 23.4 Å². The number of carbonyl (C=O) groups is 2. The first-order valence-electron chi connectivity index (χ1n) is 12.9. The van der Waals surface area contributed by atoms with E-state index in [-0.39, 0.29) is 25.5 Å². The zero-order chi connectivity index (χ0) is 27.6. The summed E-state index contributed by atoms with van der Waals surface area (Å²) in [6.07, 6.45) is 6.08. The smallest absolute Gasteiger partial charge is 0.264 e. The van der Waals surface area contributed by atoms with E-state index < -0.39 is 17.4 Å². The molecule has 1 aliphatic heterocycles. The summed E-state index contributed by atoms with van der Waals surface area (Å²) in [7, 11) is 0. The van der Waals surface area contributed by atoms with Crippen LogP contribution in [0.5, 0.6) is 0 Å². The summed E-state index contributed by atoms with van der Waals surface area (Å²) >= 11 is 3.47. The molecule has 0 bridgehead atoms. The lowest BCUT2D eigenvalue weighted by Gasteiger charge is -2.27. The molecule has 7 nitrogen and oxygen atoms in total. The number of aliphatic hydroxyl groups excluding tert-OH is 1. The van der Waals surface area contributed by atoms with Crippen molar-refractivity contribution in [3.8, 4) is 0 Å². The van der Waals surface area contributed by atoms with Crippen LogP contribution >= 0.6 is 15.9 Å². The van der Waals surface area contributed by atoms with Crippen LogP contribution in [0.1, 0.15) is 30.0 Å². The second-order valence-corrected chi connectivity index (χ2v) is 10.7. The van der Waals surface area contributed by atoms with Crippen molar-refractivity contribution in [3.63, 3.8) is 0 Å². The Labute approximate surface area is 235 Å². The third-order valence-electron chi connectivity index (χ3n) is 7.19. The number of carbonyl (C=O) groups excluding carboxylic acids is 2. The highest BCUT2D eigenvalue weighted by atomic mass is 79.9. The van der Waals surface area contributed by atoms with Crippen LogP contribution in [-0.2, 0) is 28.2 Å². The average Bonchev–Trinajstić information content (AvgIpc) is 3.42. The van der Waals surface area contributed by atoms with Crippen LogP contribution in [0.15, 0.2) is 89.6 Å². The van der Waals surface area contributed by atoms with Gasteiger partial charge in [0, 0.05) is 45.3 Å². The number of nitrogens with one attached hydrogen (secondary N) is 2. The number of para-hydroxylation sites is 1. The van der Waals surface area contributed by atoms with Crippen molar-refractivity contribution in [1.82, 2.24) is 4.98 Å². The molecule has 0 aliphatic carbocycles. The Balaban J connectivity index is 1.35. The Kier molecular flexibility index (Phi) is 7.70. The minimum absolute atomic E-state index is 0.00147. The van der Waals surface area contributed by atoms with E-state index in [2.05, 4.69) is 26.2 Å². The first kappa shape index (κ1) is 26.9. The van der Waals surface area contributed by atoms with Crippen molar-refractivity contribution in [2.75, 3.05) is 16.8 Å². The van der Waals surface area contributed by atoms with Crippen molar-refractivity contribution in [2.24, 2.45) is 5.92 Å². The number of halogens is 1. The number of benzene rings is 3. The van der Waals surface area contributed by atoms with Gasteiger partial charge in [-0.25, -0.2) is 0 Å². The first-order chi connectivity index (χ1) is 18.8. The molecular formula is C31H30BrN3O4. The van der Waals surface area contributed by atoms with Gasteiger partial charge >= 0.3 is 0 Å². The quantitative estimate of drug-likeness (QED) is 0.196. The molecule has 4 N–H and O–H groups in total. The van der Waals surface area contributed by atoms with Gasteiger partial charge in [-0.2, -0.15) is 0 Å². The number of anilines is 2. The summed E-state index contributed by atoms with van der Waals surface area (Å²) in [5.74, 6) is -1.06. The van der Waals surface area contributed by atoms with Gasteiger partial charge in [-0.15, -0.1) is 0 Å². The fourth-order valence-electron chi connectivity index (χ4n) is 5.18. The minimum atomic E-state index is -1.74. The van der Waals surface area contributed by atoms with Gasteiger partial charge in [-0.3, -0.25) is 9.59 Å². The van der Waals surface area contributed by atoms with Gasteiger partial charge in [0.05, 0.1) is 18.7 Å². The van der Waals surface area contributed by atoms with Crippen molar-refractivity contribution >= 4 is 50.0 Å². The van der Waals surface area contributed by atoms with Crippen LogP contribution in [0.2, 0.25) is 0 Å². The van der Waals surface area contributed by atoms with E-state index in [4.69, 9.17) is 5.11 Å². The number of aliphatic hydroxyl groups is 2. The van der Waals surface area contributed by atoms with Crippen molar-refractivity contribution < 1.29 is 19.8 Å². The molecule has 200 valence electrons. The Hall–Kier alpha value is -3.72. The Morgan fingerprint density at radius 3 is 2.79 bits per heavy atom. The van der Waals surface area contributed by atoms with Gasteiger partial charge in [-0.1, -0.05) is 65.3 Å². The van der Waals surface area contributed by atoms with Crippen molar-refractivity contribution in [2.45, 2.75) is 31.9 Å². The van der Waals surface area contributed by atoms with Gasteiger partial charge in [0.15, 0.2) is 5.60 Å². The number of aromatic nitrogens is 1. The predicted molar refractivity (Wildman–Crippen MR) is 156 cm³/mol. The summed E-state index contributed by atoms with van der Waals surface area (Å²) in [4.78, 5) is 31.4. The Bertz CT molecular complexity index is 1560. The Morgan fingerprint density at radius 1 is 1.15 bits per heavy atom. The molecule has 0 radical (unpaired) electrons. The summed E-state index contributed by atoms with van der Waals surface area (Å²) in [5, 5.41) is 24.9. The fraction of sp³-hybridized carbons (Fsp3) is 0.226. The number of H-pyrrole nitrogens is 1. The van der Waals surface area contributed by atoms with Gasteiger partial charge < -0.3 is 25.4 Å². The van der Waals surface area contributed by atoms with Gasteiger partial charge in [0.2, 0.25) is 5.91 Å². The highest BCUT2D eigenvalue weighted by Gasteiger charge is 2.52. The SMILES string of the molecule is C[C@H](/C=C/CCO)[C@@]1(O)C(=O)N(Cc2cccc(NC(=O)Cc3c[nH]c4ccccc34)c2)c2ccc(Br)cc21. The molecule has 1 aliphatic rings. The van der Waals surface area contributed by atoms with E-state index in [0.717, 1.165) is 26.5 Å². The number of fused-ring (bicyclic) bond motifs is 2. The average molecular weight is 589 g/mol. The molecule has 1 aromatic heterocycles. The maximum atomic E-state index is 13.7. The molecular weight excluding hydrogens is 558 g/mol. The van der Waals surface area contributed by atoms with E-state index in [1.165, 1.54) is 0 Å². The van der Waals surface area contributed by atoms with Crippen LogP contribution in [0, 0.1) is 5.92 Å². The number of rotatable bonds is 9. The van der Waals surface area contributed by atoms with Gasteiger partial charge in [-0.05, 0) is 53.9 Å². The van der Waals surface area contributed by atoms with Crippen LogP contribution < -0.4 is 10.2 Å². The largest absolute Gasteiger partial charge is 0.396 e. The van der Waals surface area contributed by atoms with E-state index >= 15 is 0 Å². The third-order valence-corrected chi connectivity index (χ3v) is 7.68. The lowest BCUT2D eigenvalue weighted by Crippen LogP contribution is -2.44. The van der Waals surface area contributed by atoms with Gasteiger partial charge in [0.25, 0.3) is 5.91 Å². The molecule has 0 unspecified atom stereocenters. The summed E-state index contributed by atoms with van der Waals surface area (Å²) < 4.78 is 0.765. The molecule has 0 spiro atoms. The molecule has 8 heteroatoms. The molecule has 39 heavy (non-hydrogen) atoms. The number of nitrogens with zero attached hydrogens (tertiary/aromatic N) is 1. The Morgan fingerprint density at radius 2 is 1.97 bits per heavy atom. The molecule has 4 aromatic rings. The summed E-state index contributed by atoms with van der Waals surface area (Å²) in [5.41, 5.74) is 2.80. The van der Waals surface area contributed by atoms with E-state index in [1.54, 1.807) is 30.0 Å². The van der Waals surface area contributed by atoms with Crippen molar-refractivity contribution in [1.29, 1.82) is 0 Å². The zero-order valence-electron chi connectivity index (χ0n) is 21.5. The van der Waals surface area contributed by atoms with Crippen LogP contribution in [0.4, 0.5) is 11.4 Å². The lowest BCUT2D eigenvalue weighted by molar-refractivity contribution is -0.139. The zero-order valence-corrected chi connectivity index (χ0v) is 23.1. The molecule has 0 saturated heterocycles. The summed E-state index contributed by atoms with van der Waals surface area (Å²) in [6.45, 7) is 2.03. The standard InChI is InChI=1S/C31H30BrN3O4/c1-20(7-4-5-14-36)31(39)26-17-23(32)12-13-28(26)35(30(31)38)19-21-8-6-9-24(15-21)34-29(37)16-22-18-33-27-11-3-2-10-25(22)27/h2-4,6-13,15,17-18,20,33,36,39H,5,14,16,19H2,1H3,(H,34,37)/b7-4+/t20-,31+/m1/s1. The van der Waals surface area contributed by atoms with Crippen molar-refractivity contribution in [3.05, 3.63) is 106 Å². The molecule has 2 heterocycles. The molecule has 3 aromatic carbocycles. The highest BCUT2D eigenvalue weighted by molar-refractivity contribution is 9.10. The third kappa shape index (κ3) is 5.28. The van der Waals surface area contributed by atoms with Crippen LogP contribution in [0.3, 0.4) is 0 Å². The first-order valence-corrected chi connectivity index (χ1v) is 13.7. The maximum absolute atomic E-state index is 13.7. The normalized spacial score (nSPS) is 17.6. The fourth-order valence-corrected chi connectivity index (χ4v) is 5.54. The van der Waals surface area contributed by atoms with E-state index in [9.17, 15) is 14.7 Å². The number of aromatic amines is 1. The highest BCUT2D eigenvalue weighted by Crippen LogP contribution is 2.46. The monoisotopic (exact) mass is 587 g/mol. The summed E-state index contributed by atoms with van der Waals surface area (Å²) in [6, 6.07) is 20.7. The maximum Gasteiger partial charge on any atom is 0.264 e. The number of amides is 2. The number of hydrogen-bond donors (Lipinski definition) is 4. The number of hydrogen-bond acceptors (Lipinski definition) is 4. The minimum Gasteiger partial charge on any atom is -0.396 e. The molecule has 0 fully saturated rings. The predicted octanol–water partition coefficient (Wildman–Crippen LogP) is 5.42. The lowest BCUT2D eigenvalue weighted by atomic mass is 9.83. The molecule has 5 rings (SSSR count). The van der Waals surface area contributed by atoms with Gasteiger partial charge in [0.1, 0.15) is 0 Å². The topological polar surface area (TPSA) is 106 Å². The molecule has 0 saturated carbocycles. The molecule has 2 atom stereocenters. The second-order valence-electron chi connectivity index (χ2n) is 9.83.